The number of alkyl halides is 3. The Morgan fingerprint density at radius 2 is 1.85 bits per heavy atom. The van der Waals surface area contributed by atoms with Crippen molar-refractivity contribution in [1.29, 1.82) is 0 Å². The number of hydrogen-bond acceptors (Lipinski definition) is 4. The predicted octanol–water partition coefficient (Wildman–Crippen LogP) is 4.54. The van der Waals surface area contributed by atoms with Crippen LogP contribution in [0.15, 0.2) is 30.5 Å². The molecule has 0 amide bonds. The predicted molar refractivity (Wildman–Crippen MR) is 90.5 cm³/mol. The van der Waals surface area contributed by atoms with Crippen molar-refractivity contribution >= 4 is 17.8 Å². The van der Waals surface area contributed by atoms with Gasteiger partial charge in [-0.05, 0) is 30.5 Å². The zero-order valence-corrected chi connectivity index (χ0v) is 14.0. The van der Waals surface area contributed by atoms with Crippen molar-refractivity contribution in [3.8, 4) is 0 Å². The maximum atomic E-state index is 12.5. The number of benzene rings is 1. The number of anilines is 2. The third kappa shape index (κ3) is 4.07. The number of carbonyl (C=O) groups is 1. The Bertz CT molecular complexity index is 750. The Hall–Kier alpha value is -2.35. The molecule has 26 heavy (non-hydrogen) atoms. The summed E-state index contributed by atoms with van der Waals surface area (Å²) in [5.74, 6) is 0.370. The van der Waals surface area contributed by atoms with Crippen molar-refractivity contribution in [3.63, 3.8) is 0 Å². The number of hydrogen-bond donors (Lipinski definition) is 2. The van der Waals surface area contributed by atoms with Gasteiger partial charge in [0.1, 0.15) is 0 Å². The van der Waals surface area contributed by atoms with Crippen molar-refractivity contribution in [2.75, 3.05) is 5.32 Å². The van der Waals surface area contributed by atoms with E-state index >= 15 is 0 Å². The van der Waals surface area contributed by atoms with Gasteiger partial charge in [0.05, 0.1) is 11.6 Å². The molecule has 0 aliphatic heterocycles. The van der Waals surface area contributed by atoms with Crippen molar-refractivity contribution in [3.05, 3.63) is 41.6 Å². The molecule has 1 heterocycles. The van der Waals surface area contributed by atoms with E-state index in [1.165, 1.54) is 30.7 Å². The number of nitrogens with zero attached hydrogens (tertiary/aromatic N) is 2. The first-order valence-corrected chi connectivity index (χ1v) is 8.54. The first kappa shape index (κ1) is 18.4. The molecular weight excluding hydrogens is 347 g/mol. The number of halogens is 3. The summed E-state index contributed by atoms with van der Waals surface area (Å²) in [5, 5.41) is 16.7. The molecule has 1 saturated carbocycles. The van der Waals surface area contributed by atoms with Crippen molar-refractivity contribution in [2.24, 2.45) is 0 Å². The highest BCUT2D eigenvalue weighted by Gasteiger charge is 2.39. The van der Waals surface area contributed by atoms with E-state index in [2.05, 4.69) is 10.4 Å². The normalized spacial score (nSPS) is 17.1. The fourth-order valence-electron chi connectivity index (χ4n) is 3.20. The molecule has 8 heteroatoms. The molecular formula is C18H20F3N3O2. The van der Waals surface area contributed by atoms with Gasteiger partial charge in [-0.2, -0.15) is 18.3 Å². The lowest BCUT2D eigenvalue weighted by Crippen LogP contribution is -2.20. The zero-order valence-electron chi connectivity index (χ0n) is 14.0. The van der Waals surface area contributed by atoms with Gasteiger partial charge in [0.2, 0.25) is 0 Å². The summed E-state index contributed by atoms with van der Waals surface area (Å²) in [4.78, 5) is 11.3. The van der Waals surface area contributed by atoms with Crippen LogP contribution in [-0.4, -0.2) is 27.3 Å². The Morgan fingerprint density at radius 1 is 1.19 bits per heavy atom. The van der Waals surface area contributed by atoms with Gasteiger partial charge < -0.3 is 10.4 Å². The Labute approximate surface area is 148 Å². The van der Waals surface area contributed by atoms with Crippen LogP contribution in [0.1, 0.15) is 60.2 Å². The largest absolute Gasteiger partial charge is 0.418 e. The molecule has 1 unspecified atom stereocenters. The number of aliphatic hydroxyl groups is 1. The molecule has 5 nitrogen and oxygen atoms in total. The highest BCUT2D eigenvalue weighted by atomic mass is 19.4. The van der Waals surface area contributed by atoms with E-state index < -0.39 is 12.3 Å². The Balaban J connectivity index is 1.76. The van der Waals surface area contributed by atoms with Crippen LogP contribution in [-0.2, 0) is 0 Å². The molecule has 1 fully saturated rings. The number of rotatable bonds is 5. The monoisotopic (exact) mass is 367 g/mol. The van der Waals surface area contributed by atoms with Gasteiger partial charge in [-0.1, -0.05) is 31.4 Å². The van der Waals surface area contributed by atoms with E-state index in [1.807, 2.05) is 0 Å². The molecule has 1 aromatic heterocycles. The molecule has 0 spiro atoms. The third-order valence-electron chi connectivity index (χ3n) is 4.64. The van der Waals surface area contributed by atoms with Gasteiger partial charge in [-0.25, -0.2) is 0 Å². The van der Waals surface area contributed by atoms with E-state index in [0.29, 0.717) is 23.4 Å². The Morgan fingerprint density at radius 3 is 2.42 bits per heavy atom. The van der Waals surface area contributed by atoms with Gasteiger partial charge in [-0.3, -0.25) is 9.48 Å². The fraction of sp³-hybridized carbons (Fsp3) is 0.444. The first-order chi connectivity index (χ1) is 12.4. The number of nitrogens with one attached hydrogen (secondary N) is 1. The first-order valence-electron chi connectivity index (χ1n) is 8.54. The third-order valence-corrected chi connectivity index (χ3v) is 4.64. The average Bonchev–Trinajstić information content (AvgIpc) is 3.04. The van der Waals surface area contributed by atoms with Crippen LogP contribution in [0.25, 0.3) is 0 Å². The quantitative estimate of drug-likeness (QED) is 0.762. The molecule has 3 rings (SSSR count). The van der Waals surface area contributed by atoms with E-state index in [1.54, 1.807) is 10.9 Å². The van der Waals surface area contributed by atoms with Crippen LogP contribution >= 0.6 is 0 Å². The van der Waals surface area contributed by atoms with Gasteiger partial charge in [0.15, 0.2) is 18.2 Å². The number of aromatic nitrogens is 2. The minimum atomic E-state index is -4.71. The number of carbonyl (C=O) groups excluding carboxylic acids is 1. The SMILES string of the molecule is O=Cc1cn(C2CCCCC2)nc1Nc1ccc(C(O)C(F)(F)F)cc1. The smallest absolute Gasteiger partial charge is 0.379 e. The lowest BCUT2D eigenvalue weighted by Gasteiger charge is -2.21. The summed E-state index contributed by atoms with van der Waals surface area (Å²) in [7, 11) is 0. The average molecular weight is 367 g/mol. The zero-order chi connectivity index (χ0) is 18.7. The minimum Gasteiger partial charge on any atom is -0.379 e. The van der Waals surface area contributed by atoms with E-state index in [4.69, 9.17) is 0 Å². The summed E-state index contributed by atoms with van der Waals surface area (Å²) in [6, 6.07) is 5.48. The highest BCUT2D eigenvalue weighted by Crippen LogP contribution is 2.33. The molecule has 0 radical (unpaired) electrons. The second-order valence-corrected chi connectivity index (χ2v) is 6.51. The van der Waals surface area contributed by atoms with Gasteiger partial charge in [0.25, 0.3) is 0 Å². The fourth-order valence-corrected chi connectivity index (χ4v) is 3.20. The second kappa shape index (κ2) is 7.49. The van der Waals surface area contributed by atoms with E-state index in [0.717, 1.165) is 25.7 Å². The lowest BCUT2D eigenvalue weighted by atomic mass is 9.96. The van der Waals surface area contributed by atoms with Crippen LogP contribution in [0.4, 0.5) is 24.7 Å². The van der Waals surface area contributed by atoms with Crippen LogP contribution in [0.3, 0.4) is 0 Å². The van der Waals surface area contributed by atoms with Crippen LogP contribution in [0, 0.1) is 0 Å². The Kier molecular flexibility index (Phi) is 5.31. The molecule has 1 aliphatic rings. The van der Waals surface area contributed by atoms with E-state index in [-0.39, 0.29) is 11.6 Å². The number of aliphatic hydroxyl groups excluding tert-OH is 1. The van der Waals surface area contributed by atoms with Gasteiger partial charge >= 0.3 is 6.18 Å². The van der Waals surface area contributed by atoms with Gasteiger partial charge in [0, 0.05) is 11.9 Å². The molecule has 140 valence electrons. The summed E-state index contributed by atoms with van der Waals surface area (Å²) in [6.45, 7) is 0. The second-order valence-electron chi connectivity index (χ2n) is 6.51. The highest BCUT2D eigenvalue weighted by molar-refractivity contribution is 5.83. The molecule has 1 atom stereocenters. The molecule has 0 saturated heterocycles. The van der Waals surface area contributed by atoms with Crippen LogP contribution in [0.5, 0.6) is 0 Å². The maximum absolute atomic E-state index is 12.5. The lowest BCUT2D eigenvalue weighted by molar-refractivity contribution is -0.206. The molecule has 2 N–H and O–H groups in total. The molecule has 1 aliphatic carbocycles. The standard InChI is InChI=1S/C18H20F3N3O2/c19-18(20,21)16(26)12-6-8-14(9-7-12)22-17-13(11-25)10-24(23-17)15-4-2-1-3-5-15/h6-11,15-16,26H,1-5H2,(H,22,23). The van der Waals surface area contributed by atoms with E-state index in [9.17, 15) is 23.1 Å². The minimum absolute atomic E-state index is 0.244. The molecule has 0 bridgehead atoms. The van der Waals surface area contributed by atoms with Crippen LogP contribution in [0.2, 0.25) is 0 Å². The molecule has 2 aromatic rings. The van der Waals surface area contributed by atoms with Crippen molar-refractivity contribution in [1.82, 2.24) is 9.78 Å². The number of aldehydes is 1. The summed E-state index contributed by atoms with van der Waals surface area (Å²) in [6.07, 6.45) is 0.681. The summed E-state index contributed by atoms with van der Waals surface area (Å²) >= 11 is 0. The van der Waals surface area contributed by atoms with Crippen LogP contribution < -0.4 is 5.32 Å². The summed E-state index contributed by atoms with van der Waals surface area (Å²) < 4.78 is 39.4. The topological polar surface area (TPSA) is 67.2 Å². The van der Waals surface area contributed by atoms with Crippen molar-refractivity contribution in [2.45, 2.75) is 50.4 Å². The van der Waals surface area contributed by atoms with Crippen molar-refractivity contribution < 1.29 is 23.1 Å². The summed E-state index contributed by atoms with van der Waals surface area (Å²) in [5.41, 5.74) is 0.640. The van der Waals surface area contributed by atoms with Gasteiger partial charge in [-0.15, -0.1) is 0 Å². The molecule has 1 aromatic carbocycles. The maximum Gasteiger partial charge on any atom is 0.418 e.